The van der Waals surface area contributed by atoms with Crippen LogP contribution in [-0.4, -0.2) is 0 Å². The van der Waals surface area contributed by atoms with E-state index in [1.54, 1.807) is 6.07 Å². The molecule has 0 saturated heterocycles. The van der Waals surface area contributed by atoms with Crippen molar-refractivity contribution < 1.29 is 8.78 Å². The van der Waals surface area contributed by atoms with Crippen LogP contribution < -0.4 is 0 Å². The van der Waals surface area contributed by atoms with E-state index in [1.807, 2.05) is 5.38 Å². The molecule has 0 amide bonds. The minimum Gasteiger partial charge on any atom is -0.207 e. The van der Waals surface area contributed by atoms with E-state index in [1.165, 1.54) is 23.5 Å². The van der Waals surface area contributed by atoms with Gasteiger partial charge in [-0.2, -0.15) is 0 Å². The van der Waals surface area contributed by atoms with E-state index in [2.05, 4.69) is 15.9 Å². The van der Waals surface area contributed by atoms with Crippen LogP contribution in [0.4, 0.5) is 8.78 Å². The predicted octanol–water partition coefficient (Wildman–Crippen LogP) is 5.36. The van der Waals surface area contributed by atoms with Crippen LogP contribution in [0, 0.1) is 11.6 Å². The maximum absolute atomic E-state index is 13.5. The molecule has 2 rings (SSSR count). The molecule has 1 heterocycles. The number of rotatable bonds is 3. The van der Waals surface area contributed by atoms with Gasteiger partial charge < -0.3 is 0 Å². The van der Waals surface area contributed by atoms with Gasteiger partial charge >= 0.3 is 0 Å². The monoisotopic (exact) mass is 336 g/mol. The average molecular weight is 338 g/mol. The molecule has 0 aliphatic carbocycles. The van der Waals surface area contributed by atoms with Crippen LogP contribution in [0.25, 0.3) is 0 Å². The van der Waals surface area contributed by atoms with Crippen molar-refractivity contribution in [2.75, 3.05) is 0 Å². The van der Waals surface area contributed by atoms with Gasteiger partial charge in [-0.25, -0.2) is 8.78 Å². The Hall–Kier alpha value is -0.450. The van der Waals surface area contributed by atoms with E-state index < -0.39 is 11.6 Å². The fourth-order valence-corrected chi connectivity index (χ4v) is 3.72. The highest BCUT2D eigenvalue weighted by Gasteiger charge is 2.15. The topological polar surface area (TPSA) is 0 Å². The molecule has 5 heteroatoms. The van der Waals surface area contributed by atoms with Crippen molar-refractivity contribution in [2.45, 2.75) is 11.2 Å². The summed E-state index contributed by atoms with van der Waals surface area (Å²) in [7, 11) is 0. The molecule has 1 aromatic heterocycles. The second-order valence-corrected chi connectivity index (χ2v) is 6.00. The van der Waals surface area contributed by atoms with E-state index in [0.717, 1.165) is 10.9 Å². The summed E-state index contributed by atoms with van der Waals surface area (Å²) in [5.41, 5.74) is 0.470. The van der Waals surface area contributed by atoms with Gasteiger partial charge in [-0.15, -0.1) is 11.3 Å². The lowest BCUT2D eigenvalue weighted by atomic mass is 10.1. The van der Waals surface area contributed by atoms with E-state index in [4.69, 9.17) is 11.6 Å². The Morgan fingerprint density at radius 2 is 2.06 bits per heavy atom. The van der Waals surface area contributed by atoms with E-state index in [0.29, 0.717) is 17.0 Å². The summed E-state index contributed by atoms with van der Waals surface area (Å²) < 4.78 is 26.2. The molecule has 90 valence electrons. The van der Waals surface area contributed by atoms with Crippen LogP contribution in [0.2, 0.25) is 5.02 Å². The molecule has 1 atom stereocenters. The molecule has 0 bridgehead atoms. The lowest BCUT2D eigenvalue weighted by Crippen LogP contribution is -1.97. The zero-order valence-electron chi connectivity index (χ0n) is 8.59. The van der Waals surface area contributed by atoms with Gasteiger partial charge in [0.1, 0.15) is 11.6 Å². The molecule has 1 unspecified atom stereocenters. The summed E-state index contributed by atoms with van der Waals surface area (Å²) in [5, 5.41) is 2.55. The molecular formula is C12H8BrClF2S. The van der Waals surface area contributed by atoms with Gasteiger partial charge in [0.25, 0.3) is 0 Å². The highest BCUT2D eigenvalue weighted by Crippen LogP contribution is 2.36. The van der Waals surface area contributed by atoms with Crippen LogP contribution in [0.5, 0.6) is 0 Å². The molecule has 0 spiro atoms. The summed E-state index contributed by atoms with van der Waals surface area (Å²) in [6.07, 6.45) is 0.437. The number of thiophene rings is 1. The van der Waals surface area contributed by atoms with Crippen LogP contribution in [0.15, 0.2) is 29.6 Å². The third-order valence-electron chi connectivity index (χ3n) is 2.34. The van der Waals surface area contributed by atoms with Crippen LogP contribution in [0.3, 0.4) is 0 Å². The first-order valence-electron chi connectivity index (χ1n) is 4.89. The van der Waals surface area contributed by atoms with Crippen LogP contribution in [-0.2, 0) is 6.42 Å². The van der Waals surface area contributed by atoms with E-state index >= 15 is 0 Å². The molecule has 2 aromatic rings. The number of hydrogen-bond donors (Lipinski definition) is 0. The summed E-state index contributed by atoms with van der Waals surface area (Å²) >= 11 is 11.0. The number of alkyl halides is 1. The summed E-state index contributed by atoms with van der Waals surface area (Å²) in [4.78, 5) is 0.894. The Labute approximate surface area is 115 Å². The molecule has 0 radical (unpaired) electrons. The Kier molecular flexibility index (Phi) is 4.17. The maximum atomic E-state index is 13.5. The van der Waals surface area contributed by atoms with Crippen molar-refractivity contribution in [3.8, 4) is 0 Å². The zero-order chi connectivity index (χ0) is 12.4. The van der Waals surface area contributed by atoms with E-state index in [9.17, 15) is 8.78 Å². The highest BCUT2D eigenvalue weighted by molar-refractivity contribution is 9.09. The predicted molar refractivity (Wildman–Crippen MR) is 71.1 cm³/mol. The van der Waals surface area contributed by atoms with Gasteiger partial charge in [-0.05, 0) is 29.5 Å². The fourth-order valence-electron chi connectivity index (χ4n) is 1.50. The third kappa shape index (κ3) is 3.06. The second kappa shape index (κ2) is 5.46. The van der Waals surface area contributed by atoms with Crippen molar-refractivity contribution in [3.63, 3.8) is 0 Å². The van der Waals surface area contributed by atoms with Crippen molar-refractivity contribution in [2.24, 2.45) is 0 Å². The Morgan fingerprint density at radius 3 is 2.65 bits per heavy atom. The zero-order valence-corrected chi connectivity index (χ0v) is 11.7. The van der Waals surface area contributed by atoms with Crippen molar-refractivity contribution in [3.05, 3.63) is 56.7 Å². The molecule has 0 nitrogen and oxygen atoms in total. The Bertz CT molecular complexity index is 527. The minimum atomic E-state index is -0.563. The van der Waals surface area contributed by atoms with Gasteiger partial charge in [-0.3, -0.25) is 0 Å². The lowest BCUT2D eigenvalue weighted by molar-refractivity contribution is 0.571. The normalized spacial score (nSPS) is 12.7. The van der Waals surface area contributed by atoms with Crippen LogP contribution >= 0.6 is 38.9 Å². The molecule has 0 saturated carbocycles. The van der Waals surface area contributed by atoms with Gasteiger partial charge in [-0.1, -0.05) is 33.6 Å². The largest absolute Gasteiger partial charge is 0.207 e. The average Bonchev–Trinajstić information content (AvgIpc) is 2.68. The Morgan fingerprint density at radius 1 is 1.29 bits per heavy atom. The maximum Gasteiger partial charge on any atom is 0.129 e. The number of benzene rings is 1. The molecule has 0 aliphatic rings. The van der Waals surface area contributed by atoms with Gasteiger partial charge in [0.2, 0.25) is 0 Å². The first-order chi connectivity index (χ1) is 8.08. The first-order valence-corrected chi connectivity index (χ1v) is 7.06. The van der Waals surface area contributed by atoms with Gasteiger partial charge in [0.05, 0.1) is 9.85 Å². The standard InChI is InChI=1S/C12H8BrClF2S/c13-9(12-10(14)3-4-17-12)5-7-1-2-8(15)6-11(7)16/h1-4,6,9H,5H2. The van der Waals surface area contributed by atoms with Gasteiger partial charge in [0, 0.05) is 10.9 Å². The fraction of sp³-hybridized carbons (Fsp3) is 0.167. The van der Waals surface area contributed by atoms with Crippen molar-refractivity contribution >= 4 is 38.9 Å². The number of hydrogen-bond acceptors (Lipinski definition) is 1. The SMILES string of the molecule is Fc1ccc(CC(Br)c2sccc2Cl)c(F)c1. The highest BCUT2D eigenvalue weighted by atomic mass is 79.9. The van der Waals surface area contributed by atoms with Crippen molar-refractivity contribution in [1.82, 2.24) is 0 Å². The Balaban J connectivity index is 2.19. The lowest BCUT2D eigenvalue weighted by Gasteiger charge is -2.09. The smallest absolute Gasteiger partial charge is 0.129 e. The van der Waals surface area contributed by atoms with E-state index in [-0.39, 0.29) is 4.83 Å². The first kappa shape index (κ1) is 13.0. The second-order valence-electron chi connectivity index (χ2n) is 3.54. The molecule has 1 aromatic carbocycles. The summed E-state index contributed by atoms with van der Waals surface area (Å²) in [6.45, 7) is 0. The minimum absolute atomic E-state index is 0.0602. The third-order valence-corrected chi connectivity index (χ3v) is 4.90. The quantitative estimate of drug-likeness (QED) is 0.662. The summed E-state index contributed by atoms with van der Waals surface area (Å²) in [6, 6.07) is 5.41. The van der Waals surface area contributed by atoms with Crippen LogP contribution in [0.1, 0.15) is 15.3 Å². The summed E-state index contributed by atoms with van der Waals surface area (Å²) in [5.74, 6) is -1.09. The van der Waals surface area contributed by atoms with Crippen molar-refractivity contribution in [1.29, 1.82) is 0 Å². The van der Waals surface area contributed by atoms with Gasteiger partial charge in [0.15, 0.2) is 0 Å². The molecule has 0 N–H and O–H groups in total. The molecule has 17 heavy (non-hydrogen) atoms. The molecule has 0 fully saturated rings. The number of halogens is 4. The molecule has 0 aliphatic heterocycles. The molecular weight excluding hydrogens is 330 g/mol.